The molecule has 0 saturated carbocycles. The molecule has 0 saturated heterocycles. The van der Waals surface area contributed by atoms with Gasteiger partial charge in [0.25, 0.3) is 0 Å². The van der Waals surface area contributed by atoms with Crippen molar-refractivity contribution >= 4 is 0 Å². The van der Waals surface area contributed by atoms with Crippen LogP contribution in [0.5, 0.6) is 0 Å². The molecule has 3 nitrogen and oxygen atoms in total. The van der Waals surface area contributed by atoms with Gasteiger partial charge in [-0.15, -0.1) is 0 Å². The summed E-state index contributed by atoms with van der Waals surface area (Å²) in [5.74, 6) is 1.03. The highest BCUT2D eigenvalue weighted by Gasteiger charge is 2.09. The number of hydrogen-bond acceptors (Lipinski definition) is 2. The maximum atomic E-state index is 4.45. The number of hydrogen-bond donors (Lipinski definition) is 1. The predicted molar refractivity (Wildman–Crippen MR) is 75.4 cm³/mol. The number of rotatable bonds is 4. The molecule has 1 aromatic carbocycles. The van der Waals surface area contributed by atoms with E-state index >= 15 is 0 Å². The van der Waals surface area contributed by atoms with Crippen LogP contribution in [-0.4, -0.2) is 15.6 Å². The average Bonchev–Trinajstić information content (AvgIpc) is 2.73. The van der Waals surface area contributed by atoms with Gasteiger partial charge in [0.1, 0.15) is 5.82 Å². The van der Waals surface area contributed by atoms with Gasteiger partial charge in [-0.1, -0.05) is 31.5 Å². The molecule has 0 atom stereocenters. The minimum atomic E-state index is 0.487. The van der Waals surface area contributed by atoms with Crippen LogP contribution in [0.2, 0.25) is 0 Å². The lowest BCUT2D eigenvalue weighted by molar-refractivity contribution is 0.589. The summed E-state index contributed by atoms with van der Waals surface area (Å²) in [6, 6.07) is 7.04. The Morgan fingerprint density at radius 2 is 2.11 bits per heavy atom. The Morgan fingerprint density at radius 3 is 2.72 bits per heavy atom. The molecule has 2 rings (SSSR count). The Hall–Kier alpha value is -1.61. The molecule has 1 aromatic heterocycles. The highest BCUT2D eigenvalue weighted by Crippen LogP contribution is 2.23. The van der Waals surface area contributed by atoms with Crippen molar-refractivity contribution in [1.29, 1.82) is 0 Å². The Balaban J connectivity index is 2.38. The Labute approximate surface area is 109 Å². The van der Waals surface area contributed by atoms with Crippen molar-refractivity contribution in [2.24, 2.45) is 7.05 Å². The Kier molecular flexibility index (Phi) is 3.82. The van der Waals surface area contributed by atoms with E-state index in [4.69, 9.17) is 0 Å². The summed E-state index contributed by atoms with van der Waals surface area (Å²) in [6.45, 7) is 7.31. The fourth-order valence-electron chi connectivity index (χ4n) is 1.99. The minimum Gasteiger partial charge on any atom is -0.334 e. The third kappa shape index (κ3) is 2.79. The van der Waals surface area contributed by atoms with E-state index in [1.165, 1.54) is 16.7 Å². The lowest BCUT2D eigenvalue weighted by Gasteiger charge is -2.13. The summed E-state index contributed by atoms with van der Waals surface area (Å²) in [4.78, 5) is 4.45. The number of benzene rings is 1. The van der Waals surface area contributed by atoms with Crippen molar-refractivity contribution < 1.29 is 0 Å². The molecule has 0 amide bonds. The van der Waals surface area contributed by atoms with E-state index in [9.17, 15) is 0 Å². The monoisotopic (exact) mass is 243 g/mol. The van der Waals surface area contributed by atoms with Gasteiger partial charge in [-0.3, -0.25) is 0 Å². The number of imidazole rings is 1. The zero-order valence-electron chi connectivity index (χ0n) is 11.6. The maximum Gasteiger partial charge on any atom is 0.139 e. The zero-order valence-corrected chi connectivity index (χ0v) is 11.6. The minimum absolute atomic E-state index is 0.487. The van der Waals surface area contributed by atoms with Crippen LogP contribution in [0.25, 0.3) is 11.4 Å². The largest absolute Gasteiger partial charge is 0.334 e. The average molecular weight is 243 g/mol. The molecule has 0 aliphatic carbocycles. The third-order valence-corrected chi connectivity index (χ3v) is 3.03. The smallest absolute Gasteiger partial charge is 0.139 e. The first-order chi connectivity index (χ1) is 8.58. The van der Waals surface area contributed by atoms with Gasteiger partial charge in [0.2, 0.25) is 0 Å². The molecular weight excluding hydrogens is 222 g/mol. The molecule has 96 valence electrons. The molecule has 0 aliphatic heterocycles. The number of nitrogens with one attached hydrogen (secondary N) is 1. The molecule has 2 aromatic rings. The molecular formula is C15H21N3. The van der Waals surface area contributed by atoms with Crippen molar-refractivity contribution in [3.05, 3.63) is 41.7 Å². The van der Waals surface area contributed by atoms with E-state index in [-0.39, 0.29) is 0 Å². The van der Waals surface area contributed by atoms with Crippen LogP contribution in [-0.2, 0) is 13.6 Å². The summed E-state index contributed by atoms with van der Waals surface area (Å²) < 4.78 is 2.06. The fourth-order valence-corrected chi connectivity index (χ4v) is 1.99. The Morgan fingerprint density at radius 1 is 1.33 bits per heavy atom. The molecule has 0 spiro atoms. The predicted octanol–water partition coefficient (Wildman–Crippen LogP) is 2.89. The highest BCUT2D eigenvalue weighted by atomic mass is 15.0. The van der Waals surface area contributed by atoms with E-state index in [2.05, 4.69) is 53.8 Å². The summed E-state index contributed by atoms with van der Waals surface area (Å²) in [5.41, 5.74) is 3.78. The van der Waals surface area contributed by atoms with Crippen LogP contribution in [0.15, 0.2) is 30.6 Å². The Bertz CT molecular complexity index is 526. The molecule has 0 radical (unpaired) electrons. The van der Waals surface area contributed by atoms with Gasteiger partial charge >= 0.3 is 0 Å². The first-order valence-electron chi connectivity index (χ1n) is 6.38. The van der Waals surface area contributed by atoms with Crippen molar-refractivity contribution in [1.82, 2.24) is 14.9 Å². The van der Waals surface area contributed by atoms with Crippen molar-refractivity contribution in [2.45, 2.75) is 33.4 Å². The standard InChI is InChI=1S/C15H21N3/c1-11(2)17-10-13-6-5-12(3)9-14(13)15-16-7-8-18(15)4/h5-9,11,17H,10H2,1-4H3. The van der Waals surface area contributed by atoms with E-state index in [0.717, 1.165) is 12.4 Å². The van der Waals surface area contributed by atoms with Crippen molar-refractivity contribution in [3.63, 3.8) is 0 Å². The first kappa shape index (κ1) is 12.8. The lowest BCUT2D eigenvalue weighted by Crippen LogP contribution is -2.22. The summed E-state index contributed by atoms with van der Waals surface area (Å²) in [6.07, 6.45) is 3.83. The van der Waals surface area contributed by atoms with Crippen LogP contribution in [0.4, 0.5) is 0 Å². The number of nitrogens with zero attached hydrogens (tertiary/aromatic N) is 2. The zero-order chi connectivity index (χ0) is 13.1. The number of aromatic nitrogens is 2. The highest BCUT2D eigenvalue weighted by molar-refractivity contribution is 5.62. The van der Waals surface area contributed by atoms with E-state index < -0.39 is 0 Å². The van der Waals surface area contributed by atoms with E-state index in [1.54, 1.807) is 0 Å². The maximum absolute atomic E-state index is 4.45. The van der Waals surface area contributed by atoms with Gasteiger partial charge in [0, 0.05) is 37.6 Å². The van der Waals surface area contributed by atoms with Gasteiger partial charge in [0.15, 0.2) is 0 Å². The molecule has 0 bridgehead atoms. The van der Waals surface area contributed by atoms with Gasteiger partial charge in [-0.25, -0.2) is 4.98 Å². The van der Waals surface area contributed by atoms with Crippen LogP contribution in [0.3, 0.4) is 0 Å². The van der Waals surface area contributed by atoms with Crippen LogP contribution < -0.4 is 5.32 Å². The van der Waals surface area contributed by atoms with Gasteiger partial charge in [0.05, 0.1) is 0 Å². The van der Waals surface area contributed by atoms with Crippen molar-refractivity contribution in [3.8, 4) is 11.4 Å². The van der Waals surface area contributed by atoms with E-state index in [1.807, 2.05) is 19.4 Å². The summed E-state index contributed by atoms with van der Waals surface area (Å²) in [7, 11) is 2.03. The van der Waals surface area contributed by atoms with Crippen LogP contribution in [0, 0.1) is 6.92 Å². The molecule has 0 unspecified atom stereocenters. The topological polar surface area (TPSA) is 29.9 Å². The van der Waals surface area contributed by atoms with Crippen LogP contribution >= 0.6 is 0 Å². The molecule has 1 N–H and O–H groups in total. The normalized spacial score (nSPS) is 11.2. The second kappa shape index (κ2) is 5.36. The molecule has 0 aliphatic rings. The third-order valence-electron chi connectivity index (χ3n) is 3.03. The molecule has 0 fully saturated rings. The summed E-state index contributed by atoms with van der Waals surface area (Å²) in [5, 5.41) is 3.47. The van der Waals surface area contributed by atoms with Crippen molar-refractivity contribution in [2.75, 3.05) is 0 Å². The molecule has 3 heteroatoms. The SMILES string of the molecule is Cc1ccc(CNC(C)C)c(-c2nccn2C)c1. The summed E-state index contributed by atoms with van der Waals surface area (Å²) >= 11 is 0. The van der Waals surface area contributed by atoms with Gasteiger partial charge < -0.3 is 9.88 Å². The fraction of sp³-hybridized carbons (Fsp3) is 0.400. The quantitative estimate of drug-likeness (QED) is 0.895. The first-order valence-corrected chi connectivity index (χ1v) is 6.38. The van der Waals surface area contributed by atoms with E-state index in [0.29, 0.717) is 6.04 Å². The van der Waals surface area contributed by atoms with Gasteiger partial charge in [-0.2, -0.15) is 0 Å². The lowest BCUT2D eigenvalue weighted by atomic mass is 10.0. The molecule has 18 heavy (non-hydrogen) atoms. The van der Waals surface area contributed by atoms with Crippen LogP contribution in [0.1, 0.15) is 25.0 Å². The second-order valence-corrected chi connectivity index (χ2v) is 5.06. The van der Waals surface area contributed by atoms with Gasteiger partial charge in [-0.05, 0) is 18.6 Å². The number of aryl methyl sites for hydroxylation is 2. The second-order valence-electron chi connectivity index (χ2n) is 5.06. The molecule has 1 heterocycles.